The lowest BCUT2D eigenvalue weighted by Gasteiger charge is -2.29. The van der Waals surface area contributed by atoms with E-state index >= 15 is 0 Å². The van der Waals surface area contributed by atoms with Gasteiger partial charge in [-0.15, -0.1) is 0 Å². The van der Waals surface area contributed by atoms with E-state index in [-0.39, 0.29) is 12.1 Å². The standard InChI is InChI=1S/C16H22N2O3/c1-12-8-4-3-7-11-18(12)16(21)17-14(15(19)20)13-9-5-2-6-10-13/h2,5-6,9-10,12,14H,3-4,7-8,11H2,1H3,(H,17,21)(H,19,20). The minimum atomic E-state index is -1.04. The molecule has 2 unspecified atom stereocenters. The zero-order chi connectivity index (χ0) is 15.2. The SMILES string of the molecule is CC1CCCCCN1C(=O)NC(C(=O)O)c1ccccc1. The Balaban J connectivity index is 2.09. The Morgan fingerprint density at radius 2 is 1.95 bits per heavy atom. The quantitative estimate of drug-likeness (QED) is 0.899. The van der Waals surface area contributed by atoms with E-state index in [2.05, 4.69) is 5.32 Å². The first-order valence-corrected chi connectivity index (χ1v) is 7.44. The van der Waals surface area contributed by atoms with Gasteiger partial charge in [0.15, 0.2) is 6.04 Å². The van der Waals surface area contributed by atoms with Crippen LogP contribution in [0.25, 0.3) is 0 Å². The van der Waals surface area contributed by atoms with Crippen molar-refractivity contribution < 1.29 is 14.7 Å². The Morgan fingerprint density at radius 3 is 2.62 bits per heavy atom. The van der Waals surface area contributed by atoms with Gasteiger partial charge in [-0.05, 0) is 25.3 Å². The zero-order valence-electron chi connectivity index (χ0n) is 12.3. The molecule has 5 nitrogen and oxygen atoms in total. The molecule has 1 fully saturated rings. The molecule has 1 aromatic rings. The highest BCUT2D eigenvalue weighted by Gasteiger charge is 2.27. The van der Waals surface area contributed by atoms with Gasteiger partial charge in [-0.2, -0.15) is 0 Å². The number of hydrogen-bond acceptors (Lipinski definition) is 2. The summed E-state index contributed by atoms with van der Waals surface area (Å²) >= 11 is 0. The zero-order valence-corrected chi connectivity index (χ0v) is 12.3. The van der Waals surface area contributed by atoms with Crippen LogP contribution in [-0.2, 0) is 4.79 Å². The van der Waals surface area contributed by atoms with E-state index in [9.17, 15) is 14.7 Å². The smallest absolute Gasteiger partial charge is 0.330 e. The Morgan fingerprint density at radius 1 is 1.24 bits per heavy atom. The number of carboxylic acid groups (broad SMARTS) is 1. The molecule has 114 valence electrons. The number of amides is 2. The van der Waals surface area contributed by atoms with Gasteiger partial charge >= 0.3 is 12.0 Å². The molecule has 0 aromatic heterocycles. The Bertz CT molecular complexity index is 490. The van der Waals surface area contributed by atoms with Gasteiger partial charge in [0.05, 0.1) is 0 Å². The molecule has 0 bridgehead atoms. The number of carboxylic acids is 1. The summed E-state index contributed by atoms with van der Waals surface area (Å²) in [6.07, 6.45) is 4.18. The summed E-state index contributed by atoms with van der Waals surface area (Å²) < 4.78 is 0. The van der Waals surface area contributed by atoms with E-state index in [1.807, 2.05) is 13.0 Å². The van der Waals surface area contributed by atoms with Crippen LogP contribution in [0.2, 0.25) is 0 Å². The molecular weight excluding hydrogens is 268 g/mol. The Kier molecular flexibility index (Phi) is 5.20. The van der Waals surface area contributed by atoms with Gasteiger partial charge < -0.3 is 15.3 Å². The van der Waals surface area contributed by atoms with Crippen LogP contribution in [0, 0.1) is 0 Å². The molecule has 1 heterocycles. The molecule has 1 saturated heterocycles. The van der Waals surface area contributed by atoms with Crippen LogP contribution < -0.4 is 5.32 Å². The summed E-state index contributed by atoms with van der Waals surface area (Å²) in [5, 5.41) is 12.0. The van der Waals surface area contributed by atoms with Crippen molar-refractivity contribution in [2.75, 3.05) is 6.54 Å². The van der Waals surface area contributed by atoms with E-state index in [0.29, 0.717) is 12.1 Å². The summed E-state index contributed by atoms with van der Waals surface area (Å²) in [5.74, 6) is -1.04. The van der Waals surface area contributed by atoms with Gasteiger partial charge in [0.25, 0.3) is 0 Å². The van der Waals surface area contributed by atoms with Crippen LogP contribution >= 0.6 is 0 Å². The van der Waals surface area contributed by atoms with E-state index in [1.165, 1.54) is 0 Å². The normalized spacial score (nSPS) is 20.4. The van der Waals surface area contributed by atoms with E-state index in [0.717, 1.165) is 25.7 Å². The Hall–Kier alpha value is -2.04. The minimum absolute atomic E-state index is 0.151. The maximum atomic E-state index is 12.4. The molecular formula is C16H22N2O3. The molecule has 0 aliphatic carbocycles. The lowest BCUT2D eigenvalue weighted by Crippen LogP contribution is -2.47. The monoisotopic (exact) mass is 290 g/mol. The molecule has 21 heavy (non-hydrogen) atoms. The lowest BCUT2D eigenvalue weighted by molar-refractivity contribution is -0.139. The fourth-order valence-corrected chi connectivity index (χ4v) is 2.72. The highest BCUT2D eigenvalue weighted by Crippen LogP contribution is 2.18. The number of carbonyl (C=O) groups excluding carboxylic acids is 1. The average Bonchev–Trinajstić information content (AvgIpc) is 2.69. The van der Waals surface area contributed by atoms with Gasteiger partial charge in [-0.1, -0.05) is 43.2 Å². The van der Waals surface area contributed by atoms with Crippen molar-refractivity contribution in [3.05, 3.63) is 35.9 Å². The number of aliphatic carboxylic acids is 1. The van der Waals surface area contributed by atoms with Gasteiger partial charge in [-0.25, -0.2) is 9.59 Å². The lowest BCUT2D eigenvalue weighted by atomic mass is 10.1. The number of nitrogens with zero attached hydrogens (tertiary/aromatic N) is 1. The van der Waals surface area contributed by atoms with E-state index in [1.54, 1.807) is 29.2 Å². The van der Waals surface area contributed by atoms with Crippen molar-refractivity contribution in [1.29, 1.82) is 0 Å². The molecule has 0 radical (unpaired) electrons. The predicted octanol–water partition coefficient (Wildman–Crippen LogP) is 2.79. The van der Waals surface area contributed by atoms with Crippen LogP contribution in [0.15, 0.2) is 30.3 Å². The van der Waals surface area contributed by atoms with Gasteiger partial charge in [0, 0.05) is 12.6 Å². The number of hydrogen-bond donors (Lipinski definition) is 2. The predicted molar refractivity (Wildman–Crippen MR) is 80.0 cm³/mol. The van der Waals surface area contributed by atoms with Crippen LogP contribution in [0.5, 0.6) is 0 Å². The highest BCUT2D eigenvalue weighted by molar-refractivity contribution is 5.83. The average molecular weight is 290 g/mol. The fraction of sp³-hybridized carbons (Fsp3) is 0.500. The van der Waals surface area contributed by atoms with Crippen molar-refractivity contribution in [1.82, 2.24) is 10.2 Å². The number of rotatable bonds is 3. The third-order valence-electron chi connectivity index (χ3n) is 3.96. The van der Waals surface area contributed by atoms with Crippen molar-refractivity contribution in [3.8, 4) is 0 Å². The second-order valence-corrected chi connectivity index (χ2v) is 5.52. The molecule has 2 atom stereocenters. The van der Waals surface area contributed by atoms with Gasteiger partial charge in [-0.3, -0.25) is 0 Å². The summed E-state index contributed by atoms with van der Waals surface area (Å²) in [6.45, 7) is 2.71. The first-order chi connectivity index (χ1) is 10.1. The molecule has 5 heteroatoms. The second kappa shape index (κ2) is 7.11. The molecule has 1 aliphatic heterocycles. The van der Waals surface area contributed by atoms with Crippen LogP contribution in [-0.4, -0.2) is 34.6 Å². The second-order valence-electron chi connectivity index (χ2n) is 5.52. The van der Waals surface area contributed by atoms with Crippen molar-refractivity contribution >= 4 is 12.0 Å². The summed E-state index contributed by atoms with van der Waals surface area (Å²) in [6, 6.07) is 7.64. The Labute approximate surface area is 125 Å². The van der Waals surface area contributed by atoms with Crippen LogP contribution in [0.1, 0.15) is 44.2 Å². The summed E-state index contributed by atoms with van der Waals surface area (Å²) in [7, 11) is 0. The third-order valence-corrected chi connectivity index (χ3v) is 3.96. The summed E-state index contributed by atoms with van der Waals surface area (Å²) in [5.41, 5.74) is 0.584. The topological polar surface area (TPSA) is 69.6 Å². The molecule has 1 aromatic carbocycles. The third kappa shape index (κ3) is 3.97. The van der Waals surface area contributed by atoms with Gasteiger partial charge in [0.2, 0.25) is 0 Å². The fourth-order valence-electron chi connectivity index (χ4n) is 2.72. The first kappa shape index (κ1) is 15.4. The number of likely N-dealkylation sites (tertiary alicyclic amines) is 1. The maximum absolute atomic E-state index is 12.4. The van der Waals surface area contributed by atoms with Crippen molar-refractivity contribution in [3.63, 3.8) is 0 Å². The highest BCUT2D eigenvalue weighted by atomic mass is 16.4. The number of carbonyl (C=O) groups is 2. The van der Waals surface area contributed by atoms with Crippen molar-refractivity contribution in [2.24, 2.45) is 0 Å². The molecule has 2 rings (SSSR count). The molecule has 1 aliphatic rings. The van der Waals surface area contributed by atoms with E-state index in [4.69, 9.17) is 0 Å². The minimum Gasteiger partial charge on any atom is -0.479 e. The van der Waals surface area contributed by atoms with Gasteiger partial charge in [0.1, 0.15) is 0 Å². The number of nitrogens with one attached hydrogen (secondary N) is 1. The van der Waals surface area contributed by atoms with Crippen LogP contribution in [0.3, 0.4) is 0 Å². The molecule has 0 saturated carbocycles. The number of benzene rings is 1. The molecule has 2 N–H and O–H groups in total. The molecule has 2 amide bonds. The first-order valence-electron chi connectivity index (χ1n) is 7.44. The van der Waals surface area contributed by atoms with Crippen LogP contribution in [0.4, 0.5) is 4.79 Å². The number of urea groups is 1. The van der Waals surface area contributed by atoms with E-state index < -0.39 is 12.0 Å². The molecule has 0 spiro atoms. The summed E-state index contributed by atoms with van der Waals surface area (Å²) in [4.78, 5) is 25.6. The van der Waals surface area contributed by atoms with Crippen molar-refractivity contribution in [2.45, 2.75) is 44.7 Å². The maximum Gasteiger partial charge on any atom is 0.330 e. The largest absolute Gasteiger partial charge is 0.479 e.